The molecule has 1 aromatic rings. The van der Waals surface area contributed by atoms with E-state index in [4.69, 9.17) is 16.3 Å². The molecule has 2 heterocycles. The Balaban J connectivity index is 2.06. The number of carbonyl (C=O) groups excluding carboxylic acids is 3. The van der Waals surface area contributed by atoms with E-state index in [1.165, 1.54) is 6.07 Å². The predicted molar refractivity (Wildman–Crippen MR) is 88.1 cm³/mol. The lowest BCUT2D eigenvalue weighted by Crippen LogP contribution is -2.47. The second-order valence-corrected chi connectivity index (χ2v) is 7.63. The molecule has 0 N–H and O–H groups in total. The summed E-state index contributed by atoms with van der Waals surface area (Å²) >= 11 is 6.01. The lowest BCUT2D eigenvalue weighted by atomic mass is 9.72. The smallest absolute Gasteiger partial charge is 0.421 e. The molecular weight excluding hydrogens is 332 g/mol. The summed E-state index contributed by atoms with van der Waals surface area (Å²) in [6.07, 6.45) is 0.532. The highest BCUT2D eigenvalue weighted by molar-refractivity contribution is 6.30. The summed E-state index contributed by atoms with van der Waals surface area (Å²) < 4.78 is 5.37. The van der Waals surface area contributed by atoms with E-state index in [1.807, 2.05) is 0 Å². The highest BCUT2D eigenvalue weighted by atomic mass is 35.5. The van der Waals surface area contributed by atoms with Gasteiger partial charge in [0.1, 0.15) is 16.5 Å². The van der Waals surface area contributed by atoms with Crippen molar-refractivity contribution in [3.05, 3.63) is 23.0 Å². The van der Waals surface area contributed by atoms with Gasteiger partial charge >= 0.3 is 6.09 Å². The van der Waals surface area contributed by atoms with Gasteiger partial charge in [0.2, 0.25) is 5.91 Å². The number of nitrogens with zero attached hydrogens (tertiary/aromatic N) is 2. The fraction of sp³-hybridized carbons (Fsp3) is 0.529. The predicted octanol–water partition coefficient (Wildman–Crippen LogP) is 3.40. The van der Waals surface area contributed by atoms with Crippen LogP contribution >= 0.6 is 11.6 Å². The summed E-state index contributed by atoms with van der Waals surface area (Å²) in [6.45, 7) is 5.21. The van der Waals surface area contributed by atoms with Crippen molar-refractivity contribution in [3.8, 4) is 0 Å². The standard InChI is InChI=1S/C17H19ClN2O4/c1-16(2,3)24-15(23)20-11-4-5-12(18)19-13(11)17(14(20)22)8-6-10(21)7-9-17/h4-5H,6-9H2,1-3H3. The van der Waals surface area contributed by atoms with Crippen LogP contribution in [0.3, 0.4) is 0 Å². The number of imide groups is 1. The van der Waals surface area contributed by atoms with Gasteiger partial charge < -0.3 is 4.74 Å². The SMILES string of the molecule is CC(C)(C)OC(=O)N1C(=O)C2(CCC(=O)CC2)c2nc(Cl)ccc21. The van der Waals surface area contributed by atoms with Crippen LogP contribution in [-0.4, -0.2) is 28.4 Å². The van der Waals surface area contributed by atoms with Crippen molar-refractivity contribution in [2.24, 2.45) is 0 Å². The van der Waals surface area contributed by atoms with Crippen molar-refractivity contribution in [2.45, 2.75) is 57.5 Å². The highest BCUT2D eigenvalue weighted by Gasteiger charge is 2.56. The maximum Gasteiger partial charge on any atom is 0.421 e. The van der Waals surface area contributed by atoms with Crippen LogP contribution in [0.5, 0.6) is 0 Å². The van der Waals surface area contributed by atoms with Crippen LogP contribution < -0.4 is 4.90 Å². The number of pyridine rings is 1. The number of halogens is 1. The molecule has 0 saturated heterocycles. The molecule has 1 aliphatic heterocycles. The quantitative estimate of drug-likeness (QED) is 0.670. The van der Waals surface area contributed by atoms with Gasteiger partial charge in [-0.1, -0.05) is 11.6 Å². The number of amides is 2. The van der Waals surface area contributed by atoms with Crippen molar-refractivity contribution in [2.75, 3.05) is 4.90 Å². The molecule has 3 rings (SSSR count). The Morgan fingerprint density at radius 3 is 2.46 bits per heavy atom. The minimum Gasteiger partial charge on any atom is -0.443 e. The molecule has 0 radical (unpaired) electrons. The first-order chi connectivity index (χ1) is 11.1. The van der Waals surface area contributed by atoms with Crippen molar-refractivity contribution in [1.29, 1.82) is 0 Å². The average Bonchev–Trinajstić information content (AvgIpc) is 2.70. The van der Waals surface area contributed by atoms with E-state index in [9.17, 15) is 14.4 Å². The summed E-state index contributed by atoms with van der Waals surface area (Å²) in [4.78, 5) is 42.7. The molecule has 2 amide bonds. The fourth-order valence-corrected chi connectivity index (χ4v) is 3.43. The molecule has 0 aromatic carbocycles. The summed E-state index contributed by atoms with van der Waals surface area (Å²) in [5, 5.41) is 0.254. The molecule has 1 aliphatic carbocycles. The summed E-state index contributed by atoms with van der Waals surface area (Å²) in [5.41, 5.74) is -0.827. The zero-order chi connectivity index (χ0) is 17.7. The normalized spacial score (nSPS) is 19.6. The first-order valence-corrected chi connectivity index (χ1v) is 8.28. The number of hydrogen-bond acceptors (Lipinski definition) is 5. The third-order valence-corrected chi connectivity index (χ3v) is 4.59. The minimum absolute atomic E-state index is 0.118. The third-order valence-electron chi connectivity index (χ3n) is 4.38. The monoisotopic (exact) mass is 350 g/mol. The van der Waals surface area contributed by atoms with Crippen LogP contribution in [0.1, 0.15) is 52.1 Å². The van der Waals surface area contributed by atoms with Crippen molar-refractivity contribution >= 4 is 35.1 Å². The van der Waals surface area contributed by atoms with E-state index in [0.29, 0.717) is 37.1 Å². The van der Waals surface area contributed by atoms with Crippen LogP contribution in [0, 0.1) is 0 Å². The molecule has 24 heavy (non-hydrogen) atoms. The van der Waals surface area contributed by atoms with Crippen LogP contribution in [0.2, 0.25) is 5.15 Å². The molecular formula is C17H19ClN2O4. The Morgan fingerprint density at radius 1 is 1.25 bits per heavy atom. The van der Waals surface area contributed by atoms with Gasteiger partial charge in [-0.2, -0.15) is 0 Å². The lowest BCUT2D eigenvalue weighted by molar-refractivity contribution is -0.127. The van der Waals surface area contributed by atoms with Gasteiger partial charge in [0.15, 0.2) is 0 Å². The van der Waals surface area contributed by atoms with E-state index in [0.717, 1.165) is 4.90 Å². The number of rotatable bonds is 0. The Kier molecular flexibility index (Phi) is 3.91. The molecule has 0 unspecified atom stereocenters. The molecule has 6 nitrogen and oxygen atoms in total. The van der Waals surface area contributed by atoms with Gasteiger partial charge in [0, 0.05) is 12.8 Å². The van der Waals surface area contributed by atoms with Crippen LogP contribution in [0.4, 0.5) is 10.5 Å². The fourth-order valence-electron chi connectivity index (χ4n) is 3.28. The molecule has 1 saturated carbocycles. The van der Waals surface area contributed by atoms with Gasteiger partial charge in [-0.3, -0.25) is 9.59 Å². The zero-order valence-corrected chi connectivity index (χ0v) is 14.6. The number of fused-ring (bicyclic) bond motifs is 2. The third kappa shape index (κ3) is 2.69. The first kappa shape index (κ1) is 16.9. The minimum atomic E-state index is -0.967. The number of ketones is 1. The van der Waals surface area contributed by atoms with E-state index < -0.39 is 17.1 Å². The second kappa shape index (κ2) is 5.55. The van der Waals surface area contributed by atoms with E-state index in [-0.39, 0.29) is 16.8 Å². The average molecular weight is 351 g/mol. The zero-order valence-electron chi connectivity index (χ0n) is 13.9. The Morgan fingerprint density at radius 2 is 1.88 bits per heavy atom. The number of Topliss-reactive ketones (excluding diaryl/α,β-unsaturated/α-hetero) is 1. The Bertz CT molecular complexity index is 729. The lowest BCUT2D eigenvalue weighted by Gasteiger charge is -2.31. The number of carbonyl (C=O) groups is 3. The number of aromatic nitrogens is 1. The summed E-state index contributed by atoms with van der Waals surface area (Å²) in [5.74, 6) is -0.262. The molecule has 2 aliphatic rings. The van der Waals surface area contributed by atoms with Crippen molar-refractivity contribution in [1.82, 2.24) is 4.98 Å². The topological polar surface area (TPSA) is 76.6 Å². The molecule has 7 heteroatoms. The van der Waals surface area contributed by atoms with Crippen LogP contribution in [-0.2, 0) is 19.7 Å². The van der Waals surface area contributed by atoms with Gasteiger partial charge in [0.05, 0.1) is 16.8 Å². The van der Waals surface area contributed by atoms with E-state index in [2.05, 4.69) is 4.98 Å². The number of ether oxygens (including phenoxy) is 1. The van der Waals surface area contributed by atoms with Crippen LogP contribution in [0.15, 0.2) is 12.1 Å². The number of anilines is 1. The van der Waals surface area contributed by atoms with Gasteiger partial charge in [-0.25, -0.2) is 14.7 Å². The maximum absolute atomic E-state index is 13.1. The summed E-state index contributed by atoms with van der Waals surface area (Å²) in [7, 11) is 0. The first-order valence-electron chi connectivity index (χ1n) is 7.90. The van der Waals surface area contributed by atoms with Gasteiger partial charge in [-0.05, 0) is 45.7 Å². The Hall–Kier alpha value is -1.95. The highest BCUT2D eigenvalue weighted by Crippen LogP contribution is 2.49. The number of hydrogen-bond donors (Lipinski definition) is 0. The van der Waals surface area contributed by atoms with E-state index >= 15 is 0 Å². The molecule has 128 valence electrons. The van der Waals surface area contributed by atoms with Gasteiger partial charge in [0.25, 0.3) is 0 Å². The van der Waals surface area contributed by atoms with Crippen molar-refractivity contribution < 1.29 is 19.1 Å². The summed E-state index contributed by atoms with van der Waals surface area (Å²) in [6, 6.07) is 3.15. The largest absolute Gasteiger partial charge is 0.443 e. The van der Waals surface area contributed by atoms with E-state index in [1.54, 1.807) is 26.8 Å². The Labute approximate surface area is 145 Å². The molecule has 1 spiro atoms. The van der Waals surface area contributed by atoms with Crippen molar-refractivity contribution in [3.63, 3.8) is 0 Å². The van der Waals surface area contributed by atoms with Crippen LogP contribution in [0.25, 0.3) is 0 Å². The van der Waals surface area contributed by atoms with Gasteiger partial charge in [-0.15, -0.1) is 0 Å². The maximum atomic E-state index is 13.1. The molecule has 0 bridgehead atoms. The molecule has 1 aromatic heterocycles. The molecule has 0 atom stereocenters. The second-order valence-electron chi connectivity index (χ2n) is 7.24. The molecule has 1 fully saturated rings.